The van der Waals surface area contributed by atoms with Gasteiger partial charge < -0.3 is 15.4 Å². The fourth-order valence-corrected chi connectivity index (χ4v) is 2.33. The zero-order chi connectivity index (χ0) is 17.5. The van der Waals surface area contributed by atoms with Gasteiger partial charge in [-0.05, 0) is 37.1 Å². The SMILES string of the molecule is CN=C(NCCOc1ccc(S(C)(=O)=O)cc1)NC(C)C(C)C.I. The minimum Gasteiger partial charge on any atom is -0.492 e. The summed E-state index contributed by atoms with van der Waals surface area (Å²) in [6.07, 6.45) is 1.18. The van der Waals surface area contributed by atoms with E-state index >= 15 is 0 Å². The van der Waals surface area contributed by atoms with Crippen LogP contribution in [0, 0.1) is 5.92 Å². The van der Waals surface area contributed by atoms with Gasteiger partial charge in [-0.15, -0.1) is 24.0 Å². The van der Waals surface area contributed by atoms with Gasteiger partial charge in [0.25, 0.3) is 0 Å². The van der Waals surface area contributed by atoms with Crippen molar-refractivity contribution in [1.82, 2.24) is 10.6 Å². The molecular formula is C16H28IN3O3S. The third-order valence-electron chi connectivity index (χ3n) is 3.50. The first-order valence-corrected chi connectivity index (χ1v) is 9.53. The highest BCUT2D eigenvalue weighted by atomic mass is 127. The second-order valence-corrected chi connectivity index (χ2v) is 7.78. The first-order valence-electron chi connectivity index (χ1n) is 7.64. The Morgan fingerprint density at radius 3 is 2.25 bits per heavy atom. The van der Waals surface area contributed by atoms with Crippen LogP contribution in [0.2, 0.25) is 0 Å². The van der Waals surface area contributed by atoms with Gasteiger partial charge in [0.15, 0.2) is 15.8 Å². The lowest BCUT2D eigenvalue weighted by atomic mass is 10.1. The van der Waals surface area contributed by atoms with Crippen molar-refractivity contribution in [1.29, 1.82) is 0 Å². The molecule has 0 heterocycles. The Balaban J connectivity index is 0.00000529. The van der Waals surface area contributed by atoms with Crippen LogP contribution in [0.5, 0.6) is 5.75 Å². The number of rotatable bonds is 7. The largest absolute Gasteiger partial charge is 0.492 e. The first-order chi connectivity index (χ1) is 10.7. The molecule has 0 aromatic heterocycles. The number of benzene rings is 1. The molecule has 0 saturated heterocycles. The fraction of sp³-hybridized carbons (Fsp3) is 0.562. The molecule has 6 nitrogen and oxygen atoms in total. The van der Waals surface area contributed by atoms with Crippen LogP contribution >= 0.6 is 24.0 Å². The maximum atomic E-state index is 11.4. The Hall–Kier alpha value is -1.03. The molecule has 1 aromatic carbocycles. The van der Waals surface area contributed by atoms with Crippen LogP contribution in [0.1, 0.15) is 20.8 Å². The number of nitrogens with one attached hydrogen (secondary N) is 2. The van der Waals surface area contributed by atoms with Crippen molar-refractivity contribution in [2.75, 3.05) is 26.5 Å². The van der Waals surface area contributed by atoms with Crippen LogP contribution in [-0.2, 0) is 9.84 Å². The molecule has 0 radical (unpaired) electrons. The van der Waals surface area contributed by atoms with E-state index in [1.807, 2.05) is 0 Å². The van der Waals surface area contributed by atoms with E-state index < -0.39 is 9.84 Å². The van der Waals surface area contributed by atoms with Crippen molar-refractivity contribution in [2.45, 2.75) is 31.7 Å². The van der Waals surface area contributed by atoms with Crippen LogP contribution in [-0.4, -0.2) is 46.9 Å². The molecule has 0 aliphatic carbocycles. The summed E-state index contributed by atoms with van der Waals surface area (Å²) >= 11 is 0. The summed E-state index contributed by atoms with van der Waals surface area (Å²) in [5, 5.41) is 6.48. The second kappa shape index (κ2) is 10.8. The summed E-state index contributed by atoms with van der Waals surface area (Å²) in [5.41, 5.74) is 0. The van der Waals surface area contributed by atoms with Crippen LogP contribution < -0.4 is 15.4 Å². The van der Waals surface area contributed by atoms with E-state index in [2.05, 4.69) is 36.4 Å². The number of hydrogen-bond donors (Lipinski definition) is 2. The molecule has 1 aromatic rings. The molecule has 0 aliphatic heterocycles. The summed E-state index contributed by atoms with van der Waals surface area (Å²) in [4.78, 5) is 4.45. The molecule has 0 bridgehead atoms. The molecule has 0 aliphatic rings. The van der Waals surface area contributed by atoms with E-state index in [0.717, 1.165) is 5.96 Å². The summed E-state index contributed by atoms with van der Waals surface area (Å²) in [6.45, 7) is 7.45. The highest BCUT2D eigenvalue weighted by Gasteiger charge is 2.09. The van der Waals surface area contributed by atoms with Crippen molar-refractivity contribution < 1.29 is 13.2 Å². The van der Waals surface area contributed by atoms with Crippen molar-refractivity contribution >= 4 is 39.8 Å². The molecule has 0 saturated carbocycles. The van der Waals surface area contributed by atoms with Gasteiger partial charge in [0, 0.05) is 19.3 Å². The van der Waals surface area contributed by atoms with Gasteiger partial charge >= 0.3 is 0 Å². The maximum Gasteiger partial charge on any atom is 0.191 e. The van der Waals surface area contributed by atoms with E-state index in [0.29, 0.717) is 30.9 Å². The van der Waals surface area contributed by atoms with E-state index in [1.165, 1.54) is 6.26 Å². The summed E-state index contributed by atoms with van der Waals surface area (Å²) in [6, 6.07) is 6.73. The molecule has 0 fully saturated rings. The monoisotopic (exact) mass is 469 g/mol. The smallest absolute Gasteiger partial charge is 0.191 e. The summed E-state index contributed by atoms with van der Waals surface area (Å²) < 4.78 is 28.3. The zero-order valence-corrected chi connectivity index (χ0v) is 18.0. The maximum absolute atomic E-state index is 11.4. The molecule has 138 valence electrons. The highest BCUT2D eigenvalue weighted by Crippen LogP contribution is 2.15. The van der Waals surface area contributed by atoms with Crippen LogP contribution in [0.15, 0.2) is 34.2 Å². The third kappa shape index (κ3) is 8.18. The molecule has 0 spiro atoms. The topological polar surface area (TPSA) is 79.8 Å². The molecule has 0 amide bonds. The van der Waals surface area contributed by atoms with Crippen molar-refractivity contribution in [2.24, 2.45) is 10.9 Å². The molecule has 1 rings (SSSR count). The van der Waals surface area contributed by atoms with E-state index in [4.69, 9.17) is 4.74 Å². The van der Waals surface area contributed by atoms with Gasteiger partial charge in [-0.1, -0.05) is 13.8 Å². The molecule has 24 heavy (non-hydrogen) atoms. The standard InChI is InChI=1S/C16H27N3O3S.HI/c1-12(2)13(3)19-16(17-4)18-10-11-22-14-6-8-15(9-7-14)23(5,20)21;/h6-9,12-13H,10-11H2,1-5H3,(H2,17,18,19);1H. The number of nitrogens with zero attached hydrogens (tertiary/aromatic N) is 1. The van der Waals surface area contributed by atoms with Crippen molar-refractivity contribution in [3.63, 3.8) is 0 Å². The Morgan fingerprint density at radius 2 is 1.79 bits per heavy atom. The average Bonchev–Trinajstić information content (AvgIpc) is 2.49. The number of sulfone groups is 1. The molecule has 8 heteroatoms. The quantitative estimate of drug-likeness (QED) is 0.277. The number of guanidine groups is 1. The number of hydrogen-bond acceptors (Lipinski definition) is 4. The Bertz CT molecular complexity index is 616. The zero-order valence-electron chi connectivity index (χ0n) is 14.9. The van der Waals surface area contributed by atoms with Gasteiger partial charge in [-0.3, -0.25) is 4.99 Å². The van der Waals surface area contributed by atoms with Gasteiger partial charge in [-0.25, -0.2) is 8.42 Å². The number of ether oxygens (including phenoxy) is 1. The Morgan fingerprint density at radius 1 is 1.21 bits per heavy atom. The highest BCUT2D eigenvalue weighted by molar-refractivity contribution is 14.0. The predicted molar refractivity (Wildman–Crippen MR) is 109 cm³/mol. The average molecular weight is 469 g/mol. The van der Waals surface area contributed by atoms with E-state index in [9.17, 15) is 8.42 Å². The van der Waals surface area contributed by atoms with Gasteiger partial charge in [0.05, 0.1) is 11.4 Å². The van der Waals surface area contributed by atoms with Gasteiger partial charge in [-0.2, -0.15) is 0 Å². The Labute approximate surface area is 162 Å². The lowest BCUT2D eigenvalue weighted by Gasteiger charge is -2.20. The molecular weight excluding hydrogens is 441 g/mol. The van der Waals surface area contributed by atoms with Crippen LogP contribution in [0.4, 0.5) is 0 Å². The molecule has 1 unspecified atom stereocenters. The minimum atomic E-state index is -3.17. The fourth-order valence-electron chi connectivity index (χ4n) is 1.70. The summed E-state index contributed by atoms with van der Waals surface area (Å²) in [7, 11) is -1.44. The van der Waals surface area contributed by atoms with Crippen LogP contribution in [0.3, 0.4) is 0 Å². The summed E-state index contributed by atoms with van der Waals surface area (Å²) in [5.74, 6) is 1.89. The lowest BCUT2D eigenvalue weighted by molar-refractivity contribution is 0.321. The van der Waals surface area contributed by atoms with E-state index in [1.54, 1.807) is 31.3 Å². The van der Waals surface area contributed by atoms with Gasteiger partial charge in [0.2, 0.25) is 0 Å². The molecule has 2 N–H and O–H groups in total. The number of halogens is 1. The lowest BCUT2D eigenvalue weighted by Crippen LogP contribution is -2.45. The minimum absolute atomic E-state index is 0. The van der Waals surface area contributed by atoms with E-state index in [-0.39, 0.29) is 28.9 Å². The number of aliphatic imine (C=N–C) groups is 1. The Kier molecular flexibility index (Phi) is 10.3. The third-order valence-corrected chi connectivity index (χ3v) is 4.63. The normalized spacial score (nSPS) is 13.2. The van der Waals surface area contributed by atoms with Crippen molar-refractivity contribution in [3.8, 4) is 5.75 Å². The van der Waals surface area contributed by atoms with Crippen molar-refractivity contribution in [3.05, 3.63) is 24.3 Å². The molecule has 1 atom stereocenters. The first kappa shape index (κ1) is 23.0. The second-order valence-electron chi connectivity index (χ2n) is 5.77. The predicted octanol–water partition coefficient (Wildman–Crippen LogP) is 2.30. The van der Waals surface area contributed by atoms with Crippen LogP contribution in [0.25, 0.3) is 0 Å². The van der Waals surface area contributed by atoms with Gasteiger partial charge in [0.1, 0.15) is 12.4 Å².